The summed E-state index contributed by atoms with van der Waals surface area (Å²) in [7, 11) is 0. The topological polar surface area (TPSA) is 52.6 Å². The van der Waals surface area contributed by atoms with Crippen molar-refractivity contribution in [3.05, 3.63) is 95.6 Å². The van der Waals surface area contributed by atoms with Gasteiger partial charge in [0.15, 0.2) is 0 Å². The van der Waals surface area contributed by atoms with E-state index in [1.807, 2.05) is 48.5 Å². The van der Waals surface area contributed by atoms with Crippen LogP contribution in [-0.4, -0.2) is 11.9 Å². The molecule has 0 amide bonds. The zero-order valence-corrected chi connectivity index (χ0v) is 15.3. The Morgan fingerprint density at radius 2 is 1.44 bits per heavy atom. The monoisotopic (exact) mass is 362 g/mol. The van der Waals surface area contributed by atoms with Crippen LogP contribution in [0.4, 0.5) is 0 Å². The minimum Gasteiger partial charge on any atom is -0.457 e. The number of rotatable bonds is 8. The van der Waals surface area contributed by atoms with Crippen LogP contribution in [0.5, 0.6) is 0 Å². The van der Waals surface area contributed by atoms with Crippen molar-refractivity contribution in [1.29, 1.82) is 0 Å². The van der Waals surface area contributed by atoms with E-state index in [1.165, 1.54) is 6.08 Å². The van der Waals surface area contributed by atoms with Gasteiger partial charge < -0.3 is 9.47 Å². The van der Waals surface area contributed by atoms with Gasteiger partial charge in [-0.1, -0.05) is 73.9 Å². The number of allylic oxidation sites excluding steroid dienone is 1. The van der Waals surface area contributed by atoms with Crippen molar-refractivity contribution in [1.82, 2.24) is 0 Å². The maximum Gasteiger partial charge on any atom is 0.345 e. The SMILES string of the molecule is C=Cc1ccc(COC(=O)/C(=C\C)C(=O)OCc2cccc(C=C)c2)cc1. The third-order valence-corrected chi connectivity index (χ3v) is 3.87. The third-order valence-electron chi connectivity index (χ3n) is 3.87. The lowest BCUT2D eigenvalue weighted by molar-refractivity contribution is -0.148. The van der Waals surface area contributed by atoms with Gasteiger partial charge in [0, 0.05) is 0 Å². The van der Waals surface area contributed by atoms with E-state index in [9.17, 15) is 9.59 Å². The van der Waals surface area contributed by atoms with Gasteiger partial charge >= 0.3 is 11.9 Å². The zero-order valence-electron chi connectivity index (χ0n) is 15.3. The summed E-state index contributed by atoms with van der Waals surface area (Å²) in [6.45, 7) is 9.12. The number of benzene rings is 2. The van der Waals surface area contributed by atoms with Crippen LogP contribution in [0.15, 0.2) is 73.3 Å². The average Bonchev–Trinajstić information content (AvgIpc) is 2.71. The minimum absolute atomic E-state index is 0.0636. The molecule has 2 aromatic carbocycles. The van der Waals surface area contributed by atoms with Crippen molar-refractivity contribution < 1.29 is 19.1 Å². The van der Waals surface area contributed by atoms with Crippen molar-refractivity contribution in [2.45, 2.75) is 20.1 Å². The molecule has 0 saturated carbocycles. The second-order valence-corrected chi connectivity index (χ2v) is 5.75. The number of hydrogen-bond donors (Lipinski definition) is 0. The summed E-state index contributed by atoms with van der Waals surface area (Å²) >= 11 is 0. The van der Waals surface area contributed by atoms with Crippen molar-refractivity contribution in [2.75, 3.05) is 0 Å². The van der Waals surface area contributed by atoms with E-state index < -0.39 is 11.9 Å². The summed E-state index contributed by atoms with van der Waals surface area (Å²) in [5.41, 5.74) is 3.41. The van der Waals surface area contributed by atoms with Gasteiger partial charge in [0.1, 0.15) is 18.8 Å². The predicted octanol–water partition coefficient (Wildman–Crippen LogP) is 4.71. The lowest BCUT2D eigenvalue weighted by atomic mass is 10.1. The Morgan fingerprint density at radius 1 is 0.852 bits per heavy atom. The van der Waals surface area contributed by atoms with Gasteiger partial charge in [-0.25, -0.2) is 9.59 Å². The molecule has 0 aliphatic rings. The smallest absolute Gasteiger partial charge is 0.345 e. The van der Waals surface area contributed by atoms with Gasteiger partial charge in [-0.2, -0.15) is 0 Å². The Morgan fingerprint density at radius 3 is 2.00 bits per heavy atom. The van der Waals surface area contributed by atoms with E-state index in [0.717, 1.165) is 22.3 Å². The third kappa shape index (κ3) is 5.82. The van der Waals surface area contributed by atoms with Crippen LogP contribution in [0.3, 0.4) is 0 Å². The summed E-state index contributed by atoms with van der Waals surface area (Å²) in [4.78, 5) is 24.4. The zero-order chi connectivity index (χ0) is 19.6. The van der Waals surface area contributed by atoms with Crippen LogP contribution < -0.4 is 0 Å². The van der Waals surface area contributed by atoms with Crippen LogP contribution in [0.2, 0.25) is 0 Å². The second kappa shape index (κ2) is 9.92. The van der Waals surface area contributed by atoms with Gasteiger partial charge in [-0.05, 0) is 35.2 Å². The lowest BCUT2D eigenvalue weighted by Crippen LogP contribution is -2.18. The largest absolute Gasteiger partial charge is 0.457 e. The average molecular weight is 362 g/mol. The van der Waals surface area contributed by atoms with E-state index >= 15 is 0 Å². The molecule has 0 N–H and O–H groups in total. The maximum atomic E-state index is 12.2. The first-order valence-corrected chi connectivity index (χ1v) is 8.50. The molecule has 27 heavy (non-hydrogen) atoms. The van der Waals surface area contributed by atoms with Gasteiger partial charge in [-0.3, -0.25) is 0 Å². The van der Waals surface area contributed by atoms with Crippen LogP contribution in [-0.2, 0) is 32.3 Å². The molecule has 4 nitrogen and oxygen atoms in total. The molecule has 0 heterocycles. The molecular formula is C23H22O4. The van der Waals surface area contributed by atoms with Gasteiger partial charge in [-0.15, -0.1) is 0 Å². The van der Waals surface area contributed by atoms with Gasteiger partial charge in [0.25, 0.3) is 0 Å². The maximum absolute atomic E-state index is 12.2. The molecule has 0 aromatic heterocycles. The number of esters is 2. The molecule has 0 spiro atoms. The minimum atomic E-state index is -0.714. The second-order valence-electron chi connectivity index (χ2n) is 5.75. The Kier molecular flexibility index (Phi) is 7.32. The van der Waals surface area contributed by atoms with Crippen LogP contribution >= 0.6 is 0 Å². The molecule has 0 unspecified atom stereocenters. The van der Waals surface area contributed by atoms with Crippen LogP contribution in [0.1, 0.15) is 29.2 Å². The van der Waals surface area contributed by atoms with E-state index in [0.29, 0.717) is 0 Å². The summed E-state index contributed by atoms with van der Waals surface area (Å²) in [6, 6.07) is 14.9. The molecule has 4 heteroatoms. The Labute approximate surface area is 159 Å². The highest BCUT2D eigenvalue weighted by molar-refractivity contribution is 6.13. The molecule has 0 atom stereocenters. The molecule has 2 aromatic rings. The number of hydrogen-bond acceptors (Lipinski definition) is 4. The standard InChI is InChI=1S/C23H22O4/c1-4-17-10-12-19(13-11-17)15-26-22(24)21(6-3)23(25)27-16-20-9-7-8-18(5-2)14-20/h4-14H,1-2,15-16H2,3H3/b21-6+. The normalized spacial score (nSPS) is 10.8. The van der Waals surface area contributed by atoms with Crippen molar-refractivity contribution in [3.63, 3.8) is 0 Å². The molecule has 0 radical (unpaired) electrons. The van der Waals surface area contributed by atoms with Crippen molar-refractivity contribution in [2.24, 2.45) is 0 Å². The fourth-order valence-corrected chi connectivity index (χ4v) is 2.33. The highest BCUT2D eigenvalue weighted by Gasteiger charge is 2.20. The first-order valence-electron chi connectivity index (χ1n) is 8.50. The van der Waals surface area contributed by atoms with E-state index in [2.05, 4.69) is 13.2 Å². The Bertz CT molecular complexity index is 860. The summed E-state index contributed by atoms with van der Waals surface area (Å²) < 4.78 is 10.4. The van der Waals surface area contributed by atoms with E-state index in [-0.39, 0.29) is 18.8 Å². The highest BCUT2D eigenvalue weighted by atomic mass is 16.6. The number of carbonyl (C=O) groups excluding carboxylic acids is 2. The van der Waals surface area contributed by atoms with E-state index in [4.69, 9.17) is 9.47 Å². The first-order chi connectivity index (χ1) is 13.1. The van der Waals surface area contributed by atoms with Crippen LogP contribution in [0, 0.1) is 0 Å². The Hall–Kier alpha value is -3.40. The molecule has 0 aliphatic heterocycles. The molecule has 2 rings (SSSR count). The quantitative estimate of drug-likeness (QED) is 0.295. The van der Waals surface area contributed by atoms with E-state index in [1.54, 1.807) is 19.1 Å². The van der Waals surface area contributed by atoms with Gasteiger partial charge in [0.05, 0.1) is 0 Å². The van der Waals surface area contributed by atoms with Crippen molar-refractivity contribution >= 4 is 24.1 Å². The fraction of sp³-hybridized carbons (Fsp3) is 0.130. The number of ether oxygens (including phenoxy) is 2. The first kappa shape index (κ1) is 19.9. The molecule has 0 aliphatic carbocycles. The molecular weight excluding hydrogens is 340 g/mol. The van der Waals surface area contributed by atoms with Gasteiger partial charge in [0.2, 0.25) is 0 Å². The molecule has 0 fully saturated rings. The summed E-state index contributed by atoms with van der Waals surface area (Å²) in [6.07, 6.45) is 4.84. The van der Waals surface area contributed by atoms with Crippen LogP contribution in [0.25, 0.3) is 12.2 Å². The molecule has 0 bridgehead atoms. The lowest BCUT2D eigenvalue weighted by Gasteiger charge is -2.09. The number of carbonyl (C=O) groups is 2. The fourth-order valence-electron chi connectivity index (χ4n) is 2.33. The predicted molar refractivity (Wildman–Crippen MR) is 106 cm³/mol. The molecule has 0 saturated heterocycles. The van der Waals surface area contributed by atoms with Crippen molar-refractivity contribution in [3.8, 4) is 0 Å². The Balaban J connectivity index is 1.91. The molecule has 138 valence electrons. The highest BCUT2D eigenvalue weighted by Crippen LogP contribution is 2.12. The summed E-state index contributed by atoms with van der Waals surface area (Å²) in [5.74, 6) is -1.43. The summed E-state index contributed by atoms with van der Waals surface area (Å²) in [5, 5.41) is 0.